The van der Waals surface area contributed by atoms with E-state index in [0.29, 0.717) is 29.8 Å². The summed E-state index contributed by atoms with van der Waals surface area (Å²) in [6.45, 7) is 5.07. The molecule has 0 fully saturated rings. The van der Waals surface area contributed by atoms with Crippen LogP contribution < -0.4 is 5.56 Å². The second kappa shape index (κ2) is 9.63. The van der Waals surface area contributed by atoms with Crippen molar-refractivity contribution in [3.8, 4) is 0 Å². The third-order valence-electron chi connectivity index (χ3n) is 5.33. The first kappa shape index (κ1) is 21.6. The van der Waals surface area contributed by atoms with Crippen molar-refractivity contribution in [1.29, 1.82) is 0 Å². The van der Waals surface area contributed by atoms with Crippen LogP contribution in [-0.4, -0.2) is 45.3 Å². The van der Waals surface area contributed by atoms with Crippen molar-refractivity contribution >= 4 is 16.8 Å². The van der Waals surface area contributed by atoms with Crippen molar-refractivity contribution in [2.45, 2.75) is 39.4 Å². The van der Waals surface area contributed by atoms with Crippen LogP contribution in [0.15, 0.2) is 53.3 Å². The lowest BCUT2D eigenvalue weighted by molar-refractivity contribution is -0.132. The monoisotopic (exact) mass is 410 g/mol. The first-order valence-corrected chi connectivity index (χ1v) is 10.1. The lowest BCUT2D eigenvalue weighted by atomic mass is 10.2. The van der Waals surface area contributed by atoms with Crippen LogP contribution in [0.3, 0.4) is 0 Å². The Morgan fingerprint density at radius 1 is 1.13 bits per heavy atom. The Morgan fingerprint density at radius 2 is 1.83 bits per heavy atom. The maximum absolute atomic E-state index is 13.1. The molecule has 0 aliphatic heterocycles. The molecule has 3 rings (SSSR count). The number of aromatic nitrogens is 2. The Morgan fingerprint density at radius 3 is 2.53 bits per heavy atom. The second-order valence-electron chi connectivity index (χ2n) is 7.57. The number of halogens is 1. The molecule has 1 heterocycles. The van der Waals surface area contributed by atoms with Crippen LogP contribution in [-0.2, 0) is 17.9 Å². The quantitative estimate of drug-likeness (QED) is 0.619. The van der Waals surface area contributed by atoms with E-state index in [9.17, 15) is 14.0 Å². The van der Waals surface area contributed by atoms with Gasteiger partial charge in [-0.05, 0) is 43.2 Å². The van der Waals surface area contributed by atoms with Crippen LogP contribution in [0.4, 0.5) is 4.39 Å². The standard InChI is InChI=1S/C23H27FN4O2/c1-4-16(2)28(14-21-25-20-8-6-5-7-19(20)23(30)26-21)15-22(29)27(3)13-17-9-11-18(24)12-10-17/h5-12,16H,4,13-15H2,1-3H3,(H,25,26,30). The summed E-state index contributed by atoms with van der Waals surface area (Å²) >= 11 is 0. The lowest BCUT2D eigenvalue weighted by Gasteiger charge is -2.29. The predicted octanol–water partition coefficient (Wildman–Crippen LogP) is 3.32. The summed E-state index contributed by atoms with van der Waals surface area (Å²) in [5, 5.41) is 0.548. The fourth-order valence-electron chi connectivity index (χ4n) is 3.27. The minimum Gasteiger partial charge on any atom is -0.340 e. The molecule has 1 atom stereocenters. The average Bonchev–Trinajstić information content (AvgIpc) is 2.74. The Bertz CT molecular complexity index is 1060. The number of likely N-dealkylation sites (N-methyl/N-ethyl adjacent to an activating group) is 1. The Labute approximate surface area is 175 Å². The van der Waals surface area contributed by atoms with E-state index in [1.807, 2.05) is 24.0 Å². The van der Waals surface area contributed by atoms with Crippen molar-refractivity contribution < 1.29 is 9.18 Å². The summed E-state index contributed by atoms with van der Waals surface area (Å²) in [7, 11) is 1.73. The van der Waals surface area contributed by atoms with E-state index in [2.05, 4.69) is 16.9 Å². The number of amides is 1. The van der Waals surface area contributed by atoms with Gasteiger partial charge in [0.1, 0.15) is 11.6 Å². The minimum absolute atomic E-state index is 0.0530. The normalized spacial score (nSPS) is 12.3. The second-order valence-corrected chi connectivity index (χ2v) is 7.57. The maximum Gasteiger partial charge on any atom is 0.258 e. The van der Waals surface area contributed by atoms with E-state index in [0.717, 1.165) is 12.0 Å². The highest BCUT2D eigenvalue weighted by atomic mass is 19.1. The fourth-order valence-corrected chi connectivity index (χ4v) is 3.27. The molecule has 3 aromatic rings. The Kier molecular flexibility index (Phi) is 6.95. The summed E-state index contributed by atoms with van der Waals surface area (Å²) in [5.41, 5.74) is 1.32. The number of carbonyl (C=O) groups excluding carboxylic acids is 1. The molecule has 2 aromatic carbocycles. The summed E-state index contributed by atoms with van der Waals surface area (Å²) in [4.78, 5) is 36.2. The van der Waals surface area contributed by atoms with Gasteiger partial charge in [0.25, 0.3) is 5.56 Å². The fraction of sp³-hybridized carbons (Fsp3) is 0.348. The molecule has 0 aliphatic carbocycles. The van der Waals surface area contributed by atoms with Crippen LogP contribution in [0.25, 0.3) is 10.9 Å². The van der Waals surface area contributed by atoms with E-state index < -0.39 is 0 Å². The number of fused-ring (bicyclic) bond motifs is 1. The van der Waals surface area contributed by atoms with Crippen molar-refractivity contribution in [2.75, 3.05) is 13.6 Å². The molecule has 6 nitrogen and oxygen atoms in total. The molecule has 1 amide bonds. The molecule has 1 aromatic heterocycles. The zero-order valence-corrected chi connectivity index (χ0v) is 17.6. The van der Waals surface area contributed by atoms with Gasteiger partial charge in [0.15, 0.2) is 0 Å². The van der Waals surface area contributed by atoms with Gasteiger partial charge in [0, 0.05) is 19.6 Å². The zero-order valence-electron chi connectivity index (χ0n) is 17.6. The van der Waals surface area contributed by atoms with Gasteiger partial charge in [-0.1, -0.05) is 31.2 Å². The van der Waals surface area contributed by atoms with Crippen molar-refractivity contribution in [3.63, 3.8) is 0 Å². The molecule has 0 spiro atoms. The lowest BCUT2D eigenvalue weighted by Crippen LogP contribution is -2.42. The van der Waals surface area contributed by atoms with E-state index in [1.165, 1.54) is 12.1 Å². The van der Waals surface area contributed by atoms with Crippen LogP contribution in [0.1, 0.15) is 31.7 Å². The molecular weight excluding hydrogens is 383 g/mol. The number of benzene rings is 2. The largest absolute Gasteiger partial charge is 0.340 e. The predicted molar refractivity (Wildman–Crippen MR) is 115 cm³/mol. The first-order chi connectivity index (χ1) is 14.4. The number of H-pyrrole nitrogens is 1. The van der Waals surface area contributed by atoms with Gasteiger partial charge in [0.2, 0.25) is 5.91 Å². The third kappa shape index (κ3) is 5.30. The van der Waals surface area contributed by atoms with E-state index in [1.54, 1.807) is 36.2 Å². The van der Waals surface area contributed by atoms with Gasteiger partial charge in [-0.2, -0.15) is 0 Å². The van der Waals surface area contributed by atoms with Crippen molar-refractivity contribution in [2.24, 2.45) is 0 Å². The first-order valence-electron chi connectivity index (χ1n) is 10.1. The summed E-state index contributed by atoms with van der Waals surface area (Å²) in [5.74, 6) is 0.184. The van der Waals surface area contributed by atoms with E-state index in [4.69, 9.17) is 0 Å². The molecule has 1 unspecified atom stereocenters. The van der Waals surface area contributed by atoms with Gasteiger partial charge >= 0.3 is 0 Å². The van der Waals surface area contributed by atoms with Crippen LogP contribution in [0.2, 0.25) is 0 Å². The highest BCUT2D eigenvalue weighted by Gasteiger charge is 2.20. The molecule has 0 bridgehead atoms. The van der Waals surface area contributed by atoms with Crippen molar-refractivity contribution in [3.05, 3.63) is 76.1 Å². The molecule has 0 radical (unpaired) electrons. The zero-order chi connectivity index (χ0) is 21.7. The van der Waals surface area contributed by atoms with E-state index >= 15 is 0 Å². The maximum atomic E-state index is 13.1. The highest BCUT2D eigenvalue weighted by Crippen LogP contribution is 2.12. The summed E-state index contributed by atoms with van der Waals surface area (Å²) in [6, 6.07) is 13.5. The molecular formula is C23H27FN4O2. The van der Waals surface area contributed by atoms with Gasteiger partial charge in [-0.15, -0.1) is 0 Å². The number of nitrogens with one attached hydrogen (secondary N) is 1. The summed E-state index contributed by atoms with van der Waals surface area (Å²) < 4.78 is 13.1. The molecule has 7 heteroatoms. The molecule has 1 N–H and O–H groups in total. The van der Waals surface area contributed by atoms with Gasteiger partial charge in [-0.3, -0.25) is 14.5 Å². The van der Waals surface area contributed by atoms with Crippen LogP contribution in [0, 0.1) is 5.82 Å². The third-order valence-corrected chi connectivity index (χ3v) is 5.33. The molecule has 0 aliphatic rings. The summed E-state index contributed by atoms with van der Waals surface area (Å²) in [6.07, 6.45) is 0.854. The molecule has 0 saturated carbocycles. The molecule has 158 valence electrons. The number of hydrogen-bond acceptors (Lipinski definition) is 4. The number of hydrogen-bond donors (Lipinski definition) is 1. The molecule has 30 heavy (non-hydrogen) atoms. The van der Waals surface area contributed by atoms with Gasteiger partial charge in [-0.25, -0.2) is 9.37 Å². The smallest absolute Gasteiger partial charge is 0.258 e. The average molecular weight is 410 g/mol. The number of nitrogens with zero attached hydrogens (tertiary/aromatic N) is 3. The Balaban J connectivity index is 1.73. The number of carbonyl (C=O) groups is 1. The molecule has 0 saturated heterocycles. The van der Waals surface area contributed by atoms with Gasteiger partial charge in [0.05, 0.1) is 24.0 Å². The van der Waals surface area contributed by atoms with Crippen LogP contribution in [0.5, 0.6) is 0 Å². The van der Waals surface area contributed by atoms with Crippen molar-refractivity contribution in [1.82, 2.24) is 19.8 Å². The number of rotatable bonds is 8. The number of para-hydroxylation sites is 1. The Hall–Kier alpha value is -3.06. The van der Waals surface area contributed by atoms with E-state index in [-0.39, 0.29) is 29.9 Å². The highest BCUT2D eigenvalue weighted by molar-refractivity contribution is 5.78. The van der Waals surface area contributed by atoms with Gasteiger partial charge < -0.3 is 9.88 Å². The number of aromatic amines is 1. The minimum atomic E-state index is -0.299. The van der Waals surface area contributed by atoms with Crippen LogP contribution >= 0.6 is 0 Å². The topological polar surface area (TPSA) is 69.3 Å². The SMILES string of the molecule is CCC(C)N(CC(=O)N(C)Cc1ccc(F)cc1)Cc1nc2ccccc2c(=O)[nH]1.